The van der Waals surface area contributed by atoms with Gasteiger partial charge in [0.1, 0.15) is 17.5 Å². The van der Waals surface area contributed by atoms with Crippen molar-refractivity contribution in [3.05, 3.63) is 36.2 Å². The van der Waals surface area contributed by atoms with Crippen molar-refractivity contribution in [1.82, 2.24) is 10.2 Å². The van der Waals surface area contributed by atoms with Crippen LogP contribution in [-0.2, 0) is 0 Å². The molecule has 1 N–H and O–H groups in total. The Labute approximate surface area is 120 Å². The molecule has 0 saturated heterocycles. The Hall–Kier alpha value is -2.19. The third kappa shape index (κ3) is 3.90. The molecule has 0 bridgehead atoms. The number of nitrogens with one attached hydrogen (secondary N) is 1. The van der Waals surface area contributed by atoms with E-state index in [2.05, 4.69) is 30.4 Å². The molecule has 0 radical (unpaired) electrons. The second-order valence-corrected chi connectivity index (χ2v) is 4.96. The van der Waals surface area contributed by atoms with Gasteiger partial charge in [-0.2, -0.15) is 5.26 Å². The van der Waals surface area contributed by atoms with E-state index in [1.54, 1.807) is 0 Å². The maximum Gasteiger partial charge on any atom is 0.131 e. The Balaban J connectivity index is 1.84. The summed E-state index contributed by atoms with van der Waals surface area (Å²) in [5, 5.41) is 11.8. The van der Waals surface area contributed by atoms with Crippen LogP contribution in [0, 0.1) is 11.3 Å². The Kier molecular flexibility index (Phi) is 4.85. The number of nitrogens with zero attached hydrogens (tertiary/aromatic N) is 3. The first kappa shape index (κ1) is 14.2. The van der Waals surface area contributed by atoms with Crippen LogP contribution in [0.15, 0.2) is 36.2 Å². The lowest BCUT2D eigenvalue weighted by molar-refractivity contribution is 0.281. The van der Waals surface area contributed by atoms with Crippen molar-refractivity contribution in [2.24, 2.45) is 0 Å². The highest BCUT2D eigenvalue weighted by Crippen LogP contribution is 2.21. The van der Waals surface area contributed by atoms with Gasteiger partial charge in [-0.05, 0) is 44.8 Å². The van der Waals surface area contributed by atoms with Crippen LogP contribution in [0.4, 0.5) is 5.69 Å². The summed E-state index contributed by atoms with van der Waals surface area (Å²) >= 11 is 0. The van der Waals surface area contributed by atoms with E-state index in [9.17, 15) is 0 Å². The summed E-state index contributed by atoms with van der Waals surface area (Å²) in [4.78, 5) is 4.14. The maximum atomic E-state index is 8.80. The van der Waals surface area contributed by atoms with Gasteiger partial charge in [-0.3, -0.25) is 0 Å². The molecule has 0 spiro atoms. The van der Waals surface area contributed by atoms with Gasteiger partial charge in [0.25, 0.3) is 0 Å². The number of hydrogen-bond donors (Lipinski definition) is 1. The summed E-state index contributed by atoms with van der Waals surface area (Å²) in [5.41, 5.74) is 1.64. The van der Waals surface area contributed by atoms with Gasteiger partial charge in [0.2, 0.25) is 0 Å². The molecule has 106 valence electrons. The smallest absolute Gasteiger partial charge is 0.131 e. The molecular weight excluding hydrogens is 252 g/mol. The van der Waals surface area contributed by atoms with E-state index in [1.807, 2.05) is 35.4 Å². The van der Waals surface area contributed by atoms with Crippen LogP contribution in [0.25, 0.3) is 0 Å². The second-order valence-electron chi connectivity index (χ2n) is 4.96. The fourth-order valence-corrected chi connectivity index (χ4v) is 1.96. The highest BCUT2D eigenvalue weighted by molar-refractivity contribution is 5.54. The third-order valence-corrected chi connectivity index (χ3v) is 3.03. The van der Waals surface area contributed by atoms with Crippen LogP contribution < -0.4 is 15.0 Å². The van der Waals surface area contributed by atoms with Crippen molar-refractivity contribution in [3.63, 3.8) is 0 Å². The zero-order valence-electron chi connectivity index (χ0n) is 12.0. The monoisotopic (exact) mass is 272 g/mol. The van der Waals surface area contributed by atoms with E-state index in [0.717, 1.165) is 31.0 Å². The van der Waals surface area contributed by atoms with Gasteiger partial charge < -0.3 is 19.9 Å². The Morgan fingerprint density at radius 3 is 2.70 bits per heavy atom. The number of anilines is 1. The minimum absolute atomic E-state index is 0.592. The minimum atomic E-state index is 0.592. The lowest BCUT2D eigenvalue weighted by atomic mass is 10.3. The van der Waals surface area contributed by atoms with E-state index < -0.39 is 0 Å². The normalized spacial score (nSPS) is 13.9. The van der Waals surface area contributed by atoms with Crippen LogP contribution in [-0.4, -0.2) is 38.8 Å². The van der Waals surface area contributed by atoms with Crippen LogP contribution in [0.2, 0.25) is 0 Å². The molecular formula is C15H20N4O. The molecule has 0 atom stereocenters. The van der Waals surface area contributed by atoms with E-state index >= 15 is 0 Å². The fourth-order valence-electron chi connectivity index (χ4n) is 1.96. The summed E-state index contributed by atoms with van der Waals surface area (Å²) in [5.74, 6) is 0.879. The van der Waals surface area contributed by atoms with Crippen LogP contribution in [0.5, 0.6) is 5.75 Å². The predicted molar refractivity (Wildman–Crippen MR) is 79.3 cm³/mol. The maximum absolute atomic E-state index is 8.80. The molecule has 0 unspecified atom stereocenters. The summed E-state index contributed by atoms with van der Waals surface area (Å²) in [7, 11) is 4.11. The molecule has 5 heteroatoms. The topological polar surface area (TPSA) is 51.5 Å². The van der Waals surface area contributed by atoms with Crippen molar-refractivity contribution in [2.45, 2.75) is 6.42 Å². The Morgan fingerprint density at radius 1 is 1.35 bits per heavy atom. The molecule has 1 aliphatic heterocycles. The fraction of sp³-hybridized carbons (Fsp3) is 0.400. The molecule has 0 fully saturated rings. The van der Waals surface area contributed by atoms with Crippen molar-refractivity contribution in [2.75, 3.05) is 38.8 Å². The van der Waals surface area contributed by atoms with Gasteiger partial charge in [-0.25, -0.2) is 0 Å². The minimum Gasteiger partial charge on any atom is -0.494 e. The number of benzene rings is 1. The first-order valence-electron chi connectivity index (χ1n) is 6.69. The van der Waals surface area contributed by atoms with Crippen molar-refractivity contribution in [3.8, 4) is 11.8 Å². The molecule has 5 nitrogen and oxygen atoms in total. The number of nitriles is 1. The number of hydrogen-bond acceptors (Lipinski definition) is 5. The quantitative estimate of drug-likeness (QED) is 0.800. The standard InChI is InChI=1S/C15H20N4O/c1-18(2)8-3-9-20-15-6-4-14(5-7-15)19-11-13(10-16)17-12-19/h4-7,11,17H,3,8-9,12H2,1-2H3. The summed E-state index contributed by atoms with van der Waals surface area (Å²) in [6.45, 7) is 2.38. The molecule has 2 rings (SSSR count). The lowest BCUT2D eigenvalue weighted by Crippen LogP contribution is -2.20. The molecule has 0 aromatic heterocycles. The Bertz CT molecular complexity index is 502. The third-order valence-electron chi connectivity index (χ3n) is 3.03. The van der Waals surface area contributed by atoms with E-state index in [1.165, 1.54) is 0 Å². The molecule has 0 saturated carbocycles. The van der Waals surface area contributed by atoms with Gasteiger partial charge in [0, 0.05) is 18.4 Å². The lowest BCUT2D eigenvalue weighted by Gasteiger charge is -2.15. The van der Waals surface area contributed by atoms with E-state index in [0.29, 0.717) is 12.4 Å². The molecule has 1 aliphatic rings. The molecule has 1 heterocycles. The van der Waals surface area contributed by atoms with Gasteiger partial charge in [-0.15, -0.1) is 0 Å². The molecule has 1 aromatic carbocycles. The first-order valence-corrected chi connectivity index (χ1v) is 6.69. The van der Waals surface area contributed by atoms with Gasteiger partial charge in [0.15, 0.2) is 0 Å². The Morgan fingerprint density at radius 2 is 2.10 bits per heavy atom. The molecule has 20 heavy (non-hydrogen) atoms. The summed E-state index contributed by atoms with van der Waals surface area (Å²) in [6, 6.07) is 10.0. The van der Waals surface area contributed by atoms with Crippen molar-refractivity contribution in [1.29, 1.82) is 5.26 Å². The van der Waals surface area contributed by atoms with Crippen LogP contribution >= 0.6 is 0 Å². The SMILES string of the molecule is CN(C)CCCOc1ccc(N2C=C(C#N)NC2)cc1. The number of ether oxygens (including phenoxy) is 1. The number of rotatable bonds is 6. The van der Waals surface area contributed by atoms with Gasteiger partial charge in [-0.1, -0.05) is 0 Å². The molecule has 0 aliphatic carbocycles. The van der Waals surface area contributed by atoms with Gasteiger partial charge >= 0.3 is 0 Å². The van der Waals surface area contributed by atoms with Crippen LogP contribution in [0.3, 0.4) is 0 Å². The average Bonchev–Trinajstić information content (AvgIpc) is 2.93. The zero-order valence-corrected chi connectivity index (χ0v) is 12.0. The molecule has 0 amide bonds. The van der Waals surface area contributed by atoms with Gasteiger partial charge in [0.05, 0.1) is 13.3 Å². The average molecular weight is 272 g/mol. The molecule has 1 aromatic rings. The summed E-state index contributed by atoms with van der Waals surface area (Å²) in [6.07, 6.45) is 2.83. The zero-order chi connectivity index (χ0) is 14.4. The largest absolute Gasteiger partial charge is 0.494 e. The highest BCUT2D eigenvalue weighted by atomic mass is 16.5. The van der Waals surface area contributed by atoms with Crippen molar-refractivity contribution < 1.29 is 4.74 Å². The summed E-state index contributed by atoms with van der Waals surface area (Å²) < 4.78 is 5.69. The predicted octanol–water partition coefficient (Wildman–Crippen LogP) is 1.75. The van der Waals surface area contributed by atoms with Crippen molar-refractivity contribution >= 4 is 5.69 Å². The first-order chi connectivity index (χ1) is 9.69. The second kappa shape index (κ2) is 6.83. The van der Waals surface area contributed by atoms with E-state index in [-0.39, 0.29) is 0 Å². The van der Waals surface area contributed by atoms with Crippen LogP contribution in [0.1, 0.15) is 6.42 Å². The number of allylic oxidation sites excluding steroid dienone is 1. The highest BCUT2D eigenvalue weighted by Gasteiger charge is 2.12. The van der Waals surface area contributed by atoms with E-state index in [4.69, 9.17) is 10.00 Å².